The quantitative estimate of drug-likeness (QED) is 0.823. The standard InChI is InChI=1S/C18H27BrN2/c1-2-3-11-21(13-16-5-4-10-20-16)18-9-6-14-12-15(19)7-8-17(14)18/h7-8,12,16,18,20H,2-6,9-11,13H2,1H3. The van der Waals surface area contributed by atoms with E-state index in [0.717, 1.165) is 0 Å². The monoisotopic (exact) mass is 350 g/mol. The number of hydrogen-bond acceptors (Lipinski definition) is 2. The van der Waals surface area contributed by atoms with Crippen molar-refractivity contribution in [2.45, 2.75) is 57.5 Å². The molecule has 2 unspecified atom stereocenters. The molecule has 1 aliphatic heterocycles. The van der Waals surface area contributed by atoms with Crippen molar-refractivity contribution in [1.82, 2.24) is 10.2 Å². The SMILES string of the molecule is CCCCN(CC1CCCN1)C1CCc2cc(Br)ccc21. The van der Waals surface area contributed by atoms with E-state index in [2.05, 4.69) is 51.3 Å². The van der Waals surface area contributed by atoms with Crippen LogP contribution in [-0.2, 0) is 6.42 Å². The number of aryl methyl sites for hydroxylation is 1. The molecule has 0 aromatic heterocycles. The summed E-state index contributed by atoms with van der Waals surface area (Å²) in [5.41, 5.74) is 3.13. The number of benzene rings is 1. The molecule has 0 saturated carbocycles. The van der Waals surface area contributed by atoms with Gasteiger partial charge in [0, 0.05) is 23.1 Å². The summed E-state index contributed by atoms with van der Waals surface area (Å²) in [6.07, 6.45) is 7.83. The molecular formula is C18H27BrN2. The summed E-state index contributed by atoms with van der Waals surface area (Å²) >= 11 is 3.61. The van der Waals surface area contributed by atoms with E-state index in [0.29, 0.717) is 12.1 Å². The maximum absolute atomic E-state index is 3.67. The Kier molecular flexibility index (Phi) is 5.36. The number of rotatable bonds is 6. The van der Waals surface area contributed by atoms with Crippen LogP contribution in [0.2, 0.25) is 0 Å². The van der Waals surface area contributed by atoms with Crippen molar-refractivity contribution in [1.29, 1.82) is 0 Å². The van der Waals surface area contributed by atoms with Gasteiger partial charge in [-0.05, 0) is 68.5 Å². The molecule has 1 heterocycles. The van der Waals surface area contributed by atoms with Gasteiger partial charge in [-0.25, -0.2) is 0 Å². The third kappa shape index (κ3) is 3.69. The van der Waals surface area contributed by atoms with Crippen LogP contribution in [0.15, 0.2) is 22.7 Å². The molecule has 0 spiro atoms. The van der Waals surface area contributed by atoms with E-state index in [1.807, 2.05) is 0 Å². The summed E-state index contributed by atoms with van der Waals surface area (Å²) in [6.45, 7) is 5.97. The number of hydrogen-bond donors (Lipinski definition) is 1. The summed E-state index contributed by atoms with van der Waals surface area (Å²) in [5, 5.41) is 3.67. The predicted octanol–water partition coefficient (Wildman–Crippen LogP) is 4.29. The van der Waals surface area contributed by atoms with Crippen molar-refractivity contribution < 1.29 is 0 Å². The van der Waals surface area contributed by atoms with Crippen LogP contribution in [-0.4, -0.2) is 30.6 Å². The zero-order valence-electron chi connectivity index (χ0n) is 13.1. The number of fused-ring (bicyclic) bond motifs is 1. The van der Waals surface area contributed by atoms with Crippen molar-refractivity contribution in [3.63, 3.8) is 0 Å². The van der Waals surface area contributed by atoms with E-state index in [1.165, 1.54) is 62.6 Å². The topological polar surface area (TPSA) is 15.3 Å². The van der Waals surface area contributed by atoms with Gasteiger partial charge in [0.1, 0.15) is 0 Å². The van der Waals surface area contributed by atoms with Gasteiger partial charge >= 0.3 is 0 Å². The van der Waals surface area contributed by atoms with Crippen molar-refractivity contribution in [3.05, 3.63) is 33.8 Å². The molecule has 1 N–H and O–H groups in total. The zero-order chi connectivity index (χ0) is 14.7. The Hall–Kier alpha value is -0.380. The molecular weight excluding hydrogens is 324 g/mol. The minimum absolute atomic E-state index is 0.641. The summed E-state index contributed by atoms with van der Waals surface area (Å²) in [5.74, 6) is 0. The lowest BCUT2D eigenvalue weighted by Crippen LogP contribution is -2.39. The molecule has 2 atom stereocenters. The molecule has 3 rings (SSSR count). The van der Waals surface area contributed by atoms with Gasteiger partial charge in [0.2, 0.25) is 0 Å². The van der Waals surface area contributed by atoms with Crippen LogP contribution in [0.1, 0.15) is 56.2 Å². The van der Waals surface area contributed by atoms with Crippen LogP contribution in [0, 0.1) is 0 Å². The third-order valence-electron chi connectivity index (χ3n) is 5.01. The number of nitrogens with zero attached hydrogens (tertiary/aromatic N) is 1. The van der Waals surface area contributed by atoms with Gasteiger partial charge in [0.25, 0.3) is 0 Å². The van der Waals surface area contributed by atoms with Crippen molar-refractivity contribution in [2.24, 2.45) is 0 Å². The van der Waals surface area contributed by atoms with Gasteiger partial charge in [0.05, 0.1) is 0 Å². The number of halogens is 1. The minimum atomic E-state index is 0.641. The lowest BCUT2D eigenvalue weighted by molar-refractivity contribution is 0.177. The van der Waals surface area contributed by atoms with E-state index < -0.39 is 0 Å². The average molecular weight is 351 g/mol. The molecule has 0 amide bonds. The molecule has 0 bridgehead atoms. The molecule has 1 aromatic carbocycles. The summed E-state index contributed by atoms with van der Waals surface area (Å²) in [6, 6.07) is 8.23. The van der Waals surface area contributed by atoms with E-state index >= 15 is 0 Å². The maximum Gasteiger partial charge on any atom is 0.0354 e. The molecule has 116 valence electrons. The van der Waals surface area contributed by atoms with E-state index in [-0.39, 0.29) is 0 Å². The number of nitrogens with one attached hydrogen (secondary N) is 1. The van der Waals surface area contributed by atoms with Crippen molar-refractivity contribution >= 4 is 15.9 Å². The summed E-state index contributed by atoms with van der Waals surface area (Å²) in [7, 11) is 0. The van der Waals surface area contributed by atoms with Gasteiger partial charge < -0.3 is 5.32 Å². The van der Waals surface area contributed by atoms with Gasteiger partial charge in [-0.15, -0.1) is 0 Å². The summed E-state index contributed by atoms with van der Waals surface area (Å²) in [4.78, 5) is 2.76. The van der Waals surface area contributed by atoms with Crippen LogP contribution < -0.4 is 5.32 Å². The Balaban J connectivity index is 1.74. The molecule has 21 heavy (non-hydrogen) atoms. The predicted molar refractivity (Wildman–Crippen MR) is 92.7 cm³/mol. The second kappa shape index (κ2) is 7.26. The fourth-order valence-electron chi connectivity index (χ4n) is 3.87. The second-order valence-electron chi connectivity index (χ2n) is 6.54. The van der Waals surface area contributed by atoms with Gasteiger partial charge in [-0.1, -0.05) is 35.3 Å². The Labute approximate surface area is 137 Å². The van der Waals surface area contributed by atoms with E-state index in [9.17, 15) is 0 Å². The molecule has 1 saturated heterocycles. The lowest BCUT2D eigenvalue weighted by Gasteiger charge is -2.32. The Morgan fingerprint density at radius 1 is 1.33 bits per heavy atom. The molecule has 2 nitrogen and oxygen atoms in total. The molecule has 1 aromatic rings. The average Bonchev–Trinajstić information content (AvgIpc) is 3.12. The second-order valence-corrected chi connectivity index (χ2v) is 7.46. The van der Waals surface area contributed by atoms with Crippen LogP contribution in [0.25, 0.3) is 0 Å². The van der Waals surface area contributed by atoms with Crippen LogP contribution in [0.4, 0.5) is 0 Å². The largest absolute Gasteiger partial charge is 0.313 e. The zero-order valence-corrected chi connectivity index (χ0v) is 14.7. The Morgan fingerprint density at radius 3 is 3.00 bits per heavy atom. The first-order chi connectivity index (χ1) is 10.3. The maximum atomic E-state index is 3.67. The van der Waals surface area contributed by atoms with Crippen molar-refractivity contribution in [2.75, 3.05) is 19.6 Å². The fourth-order valence-corrected chi connectivity index (χ4v) is 4.28. The third-order valence-corrected chi connectivity index (χ3v) is 5.50. The normalized spacial score (nSPS) is 24.7. The lowest BCUT2D eigenvalue weighted by atomic mass is 10.1. The molecule has 1 aliphatic carbocycles. The Morgan fingerprint density at radius 2 is 2.24 bits per heavy atom. The van der Waals surface area contributed by atoms with Crippen molar-refractivity contribution in [3.8, 4) is 0 Å². The first-order valence-electron chi connectivity index (χ1n) is 8.53. The summed E-state index contributed by atoms with van der Waals surface area (Å²) < 4.78 is 1.22. The van der Waals surface area contributed by atoms with Crippen LogP contribution >= 0.6 is 15.9 Å². The number of unbranched alkanes of at least 4 members (excludes halogenated alkanes) is 1. The smallest absolute Gasteiger partial charge is 0.0354 e. The molecule has 0 radical (unpaired) electrons. The molecule has 3 heteroatoms. The first-order valence-corrected chi connectivity index (χ1v) is 9.33. The first kappa shape index (κ1) is 15.5. The fraction of sp³-hybridized carbons (Fsp3) is 0.667. The van der Waals surface area contributed by atoms with Crippen LogP contribution in [0.3, 0.4) is 0 Å². The van der Waals surface area contributed by atoms with E-state index in [4.69, 9.17) is 0 Å². The highest BCUT2D eigenvalue weighted by molar-refractivity contribution is 9.10. The van der Waals surface area contributed by atoms with Gasteiger partial charge in [-0.2, -0.15) is 0 Å². The van der Waals surface area contributed by atoms with Gasteiger partial charge in [-0.3, -0.25) is 4.90 Å². The highest BCUT2D eigenvalue weighted by Crippen LogP contribution is 2.37. The Bertz CT molecular complexity index is 468. The van der Waals surface area contributed by atoms with Gasteiger partial charge in [0.15, 0.2) is 0 Å². The van der Waals surface area contributed by atoms with E-state index in [1.54, 1.807) is 11.1 Å². The minimum Gasteiger partial charge on any atom is -0.313 e. The molecule has 2 aliphatic rings. The van der Waals surface area contributed by atoms with Crippen LogP contribution in [0.5, 0.6) is 0 Å². The molecule has 1 fully saturated rings. The highest BCUT2D eigenvalue weighted by atomic mass is 79.9. The highest BCUT2D eigenvalue weighted by Gasteiger charge is 2.29.